The van der Waals surface area contributed by atoms with Crippen LogP contribution in [0.3, 0.4) is 0 Å². The summed E-state index contributed by atoms with van der Waals surface area (Å²) in [5.41, 5.74) is -0.289. The number of imide groups is 1. The lowest BCUT2D eigenvalue weighted by Gasteiger charge is -2.30. The average Bonchev–Trinajstić information content (AvgIpc) is 2.91. The van der Waals surface area contributed by atoms with E-state index in [2.05, 4.69) is 10.6 Å². The van der Waals surface area contributed by atoms with Gasteiger partial charge >= 0.3 is 12.0 Å². The number of amides is 4. The molecular formula is C19H23N3O5S. The van der Waals surface area contributed by atoms with E-state index in [1.54, 1.807) is 23.9 Å². The monoisotopic (exact) mass is 405 g/mol. The summed E-state index contributed by atoms with van der Waals surface area (Å²) in [6.07, 6.45) is 5.88. The Kier molecular flexibility index (Phi) is 6.23. The largest absolute Gasteiger partial charge is 0.454 e. The molecular weight excluding hydrogens is 382 g/mol. The molecule has 8 nitrogen and oxygen atoms in total. The number of hydrogen-bond donors (Lipinski definition) is 2. The highest BCUT2D eigenvalue weighted by Gasteiger charge is 2.51. The van der Waals surface area contributed by atoms with Crippen LogP contribution in [0.5, 0.6) is 0 Å². The Balaban J connectivity index is 1.47. The zero-order valence-corrected chi connectivity index (χ0v) is 16.5. The predicted octanol–water partition coefficient (Wildman–Crippen LogP) is 2.14. The van der Waals surface area contributed by atoms with Gasteiger partial charge in [0.05, 0.1) is 0 Å². The fourth-order valence-corrected chi connectivity index (χ4v) is 3.91. The molecule has 28 heavy (non-hydrogen) atoms. The highest BCUT2D eigenvalue weighted by atomic mass is 32.2. The molecule has 0 radical (unpaired) electrons. The topological polar surface area (TPSA) is 105 Å². The van der Waals surface area contributed by atoms with Gasteiger partial charge in [0.2, 0.25) is 0 Å². The second-order valence-corrected chi connectivity index (χ2v) is 7.78. The lowest BCUT2D eigenvalue weighted by molar-refractivity contribution is -0.150. The molecule has 9 heteroatoms. The van der Waals surface area contributed by atoms with E-state index in [0.29, 0.717) is 18.5 Å². The molecule has 1 aliphatic carbocycles. The van der Waals surface area contributed by atoms with Crippen molar-refractivity contribution in [1.82, 2.24) is 10.2 Å². The zero-order valence-electron chi connectivity index (χ0n) is 15.7. The van der Waals surface area contributed by atoms with Crippen molar-refractivity contribution in [1.29, 1.82) is 0 Å². The van der Waals surface area contributed by atoms with Crippen LogP contribution in [0.4, 0.5) is 10.5 Å². The van der Waals surface area contributed by atoms with Crippen molar-refractivity contribution in [3.8, 4) is 0 Å². The Labute approximate surface area is 167 Å². The second kappa shape index (κ2) is 8.64. The highest BCUT2D eigenvalue weighted by Crippen LogP contribution is 2.33. The normalized spacial score (nSPS) is 18.1. The lowest BCUT2D eigenvalue weighted by Crippen LogP contribution is -2.48. The number of nitrogens with one attached hydrogen (secondary N) is 2. The van der Waals surface area contributed by atoms with Gasteiger partial charge in [-0.3, -0.25) is 19.3 Å². The van der Waals surface area contributed by atoms with Crippen molar-refractivity contribution in [3.63, 3.8) is 0 Å². The number of hydrogen-bond acceptors (Lipinski definition) is 6. The summed E-state index contributed by atoms with van der Waals surface area (Å²) < 4.78 is 4.93. The van der Waals surface area contributed by atoms with Crippen molar-refractivity contribution in [2.75, 3.05) is 24.7 Å². The third-order valence-corrected chi connectivity index (χ3v) is 5.72. The average molecular weight is 405 g/mol. The van der Waals surface area contributed by atoms with Crippen molar-refractivity contribution in [3.05, 3.63) is 24.3 Å². The minimum absolute atomic E-state index is 0.382. The number of nitrogens with zero attached hydrogens (tertiary/aromatic N) is 1. The quantitative estimate of drug-likeness (QED) is 0.427. The third-order valence-electron chi connectivity index (χ3n) is 4.98. The molecule has 1 heterocycles. The summed E-state index contributed by atoms with van der Waals surface area (Å²) in [5.74, 6) is -1.68. The molecule has 0 aromatic heterocycles. The van der Waals surface area contributed by atoms with Gasteiger partial charge in [-0.1, -0.05) is 19.3 Å². The number of urea groups is 1. The molecule has 150 valence electrons. The summed E-state index contributed by atoms with van der Waals surface area (Å²) in [6, 6.07) is 6.66. The standard InChI is InChI=1S/C19H23N3O5S/c1-28-14-7-5-13(6-8-14)20-15(23)12-27-16(24)11-22-17(25)19(21-18(22)26)9-3-2-4-10-19/h5-8H,2-4,9-12H2,1H3,(H,20,23)(H,21,26). The maximum absolute atomic E-state index is 12.6. The first-order chi connectivity index (χ1) is 13.4. The molecule has 1 saturated heterocycles. The SMILES string of the molecule is CSc1ccc(NC(=O)COC(=O)CN2C(=O)NC3(CCCCC3)C2=O)cc1. The van der Waals surface area contributed by atoms with Crippen LogP contribution in [0.1, 0.15) is 32.1 Å². The number of esters is 1. The lowest BCUT2D eigenvalue weighted by atomic mass is 9.82. The molecule has 2 aliphatic rings. The van der Waals surface area contributed by atoms with Gasteiger partial charge in [-0.2, -0.15) is 0 Å². The number of ether oxygens (including phenoxy) is 1. The molecule has 1 aliphatic heterocycles. The van der Waals surface area contributed by atoms with Crippen LogP contribution < -0.4 is 10.6 Å². The van der Waals surface area contributed by atoms with Gasteiger partial charge in [-0.15, -0.1) is 11.8 Å². The van der Waals surface area contributed by atoms with Crippen molar-refractivity contribution < 1.29 is 23.9 Å². The summed E-state index contributed by atoms with van der Waals surface area (Å²) in [6.45, 7) is -0.986. The fraction of sp³-hybridized carbons (Fsp3) is 0.474. The highest BCUT2D eigenvalue weighted by molar-refractivity contribution is 7.98. The van der Waals surface area contributed by atoms with Gasteiger partial charge in [0.25, 0.3) is 11.8 Å². The number of benzene rings is 1. The molecule has 0 unspecified atom stereocenters. The molecule has 4 amide bonds. The second-order valence-electron chi connectivity index (χ2n) is 6.90. The summed E-state index contributed by atoms with van der Waals surface area (Å²) in [4.78, 5) is 50.6. The van der Waals surface area contributed by atoms with E-state index < -0.39 is 36.6 Å². The first kappa shape index (κ1) is 20.2. The molecule has 1 saturated carbocycles. The number of carbonyl (C=O) groups is 4. The van der Waals surface area contributed by atoms with Crippen LogP contribution in [0.15, 0.2) is 29.2 Å². The van der Waals surface area contributed by atoms with Crippen LogP contribution in [0, 0.1) is 0 Å². The molecule has 2 fully saturated rings. The van der Waals surface area contributed by atoms with Crippen LogP contribution >= 0.6 is 11.8 Å². The summed E-state index contributed by atoms with van der Waals surface area (Å²) in [7, 11) is 0. The van der Waals surface area contributed by atoms with E-state index in [1.165, 1.54) is 0 Å². The molecule has 0 atom stereocenters. The number of carbonyl (C=O) groups excluding carboxylic acids is 4. The molecule has 1 spiro atoms. The third kappa shape index (κ3) is 4.46. The first-order valence-corrected chi connectivity index (χ1v) is 10.4. The van der Waals surface area contributed by atoms with Crippen molar-refractivity contribution in [2.24, 2.45) is 0 Å². The summed E-state index contributed by atoms with van der Waals surface area (Å²) in [5, 5.41) is 5.35. The van der Waals surface area contributed by atoms with E-state index in [9.17, 15) is 19.2 Å². The van der Waals surface area contributed by atoms with Crippen molar-refractivity contribution >= 4 is 41.3 Å². The van der Waals surface area contributed by atoms with Crippen LogP contribution in [-0.4, -0.2) is 53.7 Å². The minimum Gasteiger partial charge on any atom is -0.454 e. The Morgan fingerprint density at radius 1 is 1.18 bits per heavy atom. The Bertz CT molecular complexity index is 774. The van der Waals surface area contributed by atoms with Gasteiger partial charge in [0.1, 0.15) is 12.1 Å². The van der Waals surface area contributed by atoms with E-state index in [-0.39, 0.29) is 5.91 Å². The van der Waals surface area contributed by atoms with E-state index in [1.807, 2.05) is 18.4 Å². The van der Waals surface area contributed by atoms with Gasteiger partial charge < -0.3 is 15.4 Å². The van der Waals surface area contributed by atoms with Crippen LogP contribution in [0.2, 0.25) is 0 Å². The van der Waals surface area contributed by atoms with Crippen LogP contribution in [0.25, 0.3) is 0 Å². The molecule has 3 rings (SSSR count). The van der Waals surface area contributed by atoms with Crippen molar-refractivity contribution in [2.45, 2.75) is 42.5 Å². The van der Waals surface area contributed by atoms with Gasteiger partial charge in [-0.05, 0) is 43.4 Å². The number of anilines is 1. The zero-order chi connectivity index (χ0) is 20.1. The Morgan fingerprint density at radius 3 is 2.50 bits per heavy atom. The maximum atomic E-state index is 12.6. The fourth-order valence-electron chi connectivity index (χ4n) is 3.51. The van der Waals surface area contributed by atoms with Gasteiger partial charge in [-0.25, -0.2) is 4.79 Å². The Morgan fingerprint density at radius 2 is 1.86 bits per heavy atom. The smallest absolute Gasteiger partial charge is 0.326 e. The summed E-state index contributed by atoms with van der Waals surface area (Å²) >= 11 is 1.59. The van der Waals surface area contributed by atoms with E-state index >= 15 is 0 Å². The molecule has 1 aromatic rings. The van der Waals surface area contributed by atoms with Gasteiger partial charge in [0.15, 0.2) is 6.61 Å². The van der Waals surface area contributed by atoms with E-state index in [4.69, 9.17) is 4.74 Å². The molecule has 2 N–H and O–H groups in total. The predicted molar refractivity (Wildman–Crippen MR) is 104 cm³/mol. The number of thioether (sulfide) groups is 1. The van der Waals surface area contributed by atoms with E-state index in [0.717, 1.165) is 29.1 Å². The Hall–Kier alpha value is -2.55. The molecule has 0 bridgehead atoms. The van der Waals surface area contributed by atoms with Crippen LogP contribution in [-0.2, 0) is 19.1 Å². The first-order valence-electron chi connectivity index (χ1n) is 9.17. The number of rotatable bonds is 6. The molecule has 1 aromatic carbocycles. The van der Waals surface area contributed by atoms with Gasteiger partial charge in [0, 0.05) is 10.6 Å². The maximum Gasteiger partial charge on any atom is 0.326 e. The minimum atomic E-state index is -0.879.